The molecule has 4 rings (SSSR count). The first-order valence-electron chi connectivity index (χ1n) is 16.0. The van der Waals surface area contributed by atoms with Crippen LogP contribution in [0.2, 0.25) is 0 Å². The molecule has 0 saturated heterocycles. The first kappa shape index (κ1) is 35.5. The number of benzene rings is 4. The van der Waals surface area contributed by atoms with E-state index >= 15 is 0 Å². The van der Waals surface area contributed by atoms with Gasteiger partial charge in [-0.3, -0.25) is 9.59 Å². The van der Waals surface area contributed by atoms with Crippen molar-refractivity contribution in [2.45, 2.75) is 12.8 Å². The summed E-state index contributed by atoms with van der Waals surface area (Å²) in [5, 5.41) is 18.1. The summed E-state index contributed by atoms with van der Waals surface area (Å²) < 4.78 is 0. The van der Waals surface area contributed by atoms with Gasteiger partial charge in [0.05, 0.1) is 0 Å². The van der Waals surface area contributed by atoms with Gasteiger partial charge in [0.1, 0.15) is 0 Å². The van der Waals surface area contributed by atoms with Crippen molar-refractivity contribution in [3.8, 4) is 0 Å². The van der Waals surface area contributed by atoms with E-state index in [1.807, 2.05) is 48.5 Å². The van der Waals surface area contributed by atoms with E-state index in [4.69, 9.17) is 0 Å². The monoisotopic (exact) mass is 650 g/mol. The topological polar surface area (TPSA) is 130 Å². The largest absolute Gasteiger partial charge is 0.385 e. The summed E-state index contributed by atoms with van der Waals surface area (Å²) in [5.41, 5.74) is 4.98. The maximum atomic E-state index is 12.9. The molecule has 4 amide bonds. The quantitative estimate of drug-likeness (QED) is 0.0758. The van der Waals surface area contributed by atoms with Crippen LogP contribution in [0.3, 0.4) is 0 Å². The highest BCUT2D eigenvalue weighted by atomic mass is 16.2. The van der Waals surface area contributed by atoms with Gasteiger partial charge in [-0.1, -0.05) is 12.1 Å². The van der Waals surface area contributed by atoms with Crippen molar-refractivity contribution in [1.29, 1.82) is 0 Å². The summed E-state index contributed by atoms with van der Waals surface area (Å²) in [4.78, 5) is 42.9. The van der Waals surface area contributed by atoms with Crippen LogP contribution in [0.4, 0.5) is 38.9 Å². The lowest BCUT2D eigenvalue weighted by molar-refractivity contribution is 0.101. The predicted octanol–water partition coefficient (Wildman–Crippen LogP) is 6.56. The van der Waals surface area contributed by atoms with Gasteiger partial charge in [-0.15, -0.1) is 0 Å². The number of amides is 4. The molecule has 0 aliphatic carbocycles. The predicted molar refractivity (Wildman–Crippen MR) is 198 cm³/mol. The molecule has 0 spiro atoms. The van der Waals surface area contributed by atoms with Gasteiger partial charge in [-0.05, 0) is 139 Å². The van der Waals surface area contributed by atoms with Crippen LogP contribution in [0, 0.1) is 0 Å². The average molecular weight is 651 g/mol. The third-order valence-electron chi connectivity index (χ3n) is 7.27. The van der Waals surface area contributed by atoms with Crippen molar-refractivity contribution >= 4 is 52.0 Å². The number of anilines is 6. The van der Waals surface area contributed by atoms with Crippen molar-refractivity contribution in [2.75, 3.05) is 86.3 Å². The lowest BCUT2D eigenvalue weighted by atomic mass is 10.1. The Kier molecular flexibility index (Phi) is 13.4. The molecule has 4 aromatic carbocycles. The Hall–Kier alpha value is -5.39. The van der Waals surface area contributed by atoms with Gasteiger partial charge in [0, 0.05) is 58.3 Å². The molecule has 48 heavy (non-hydrogen) atoms. The maximum absolute atomic E-state index is 12.9. The Morgan fingerprint density at radius 3 is 1.23 bits per heavy atom. The molecule has 0 aromatic heterocycles. The summed E-state index contributed by atoms with van der Waals surface area (Å²) in [7, 11) is 8.21. The lowest BCUT2D eigenvalue weighted by Gasteiger charge is -2.12. The van der Waals surface area contributed by atoms with Gasteiger partial charge in [0.15, 0.2) is 0 Å². The van der Waals surface area contributed by atoms with Gasteiger partial charge < -0.3 is 41.7 Å². The summed E-state index contributed by atoms with van der Waals surface area (Å²) in [6.45, 7) is 3.75. The number of carbonyl (C=O) groups is 3. The fraction of sp³-hybridized carbons (Fsp3) is 0.270. The van der Waals surface area contributed by atoms with Crippen LogP contribution in [0.15, 0.2) is 97.1 Å². The van der Waals surface area contributed by atoms with Gasteiger partial charge in [0.2, 0.25) is 0 Å². The molecule has 0 atom stereocenters. The molecule has 0 unspecified atom stereocenters. The molecule has 4 aromatic rings. The first-order chi connectivity index (χ1) is 23.1. The van der Waals surface area contributed by atoms with Crippen LogP contribution in [0.25, 0.3) is 0 Å². The molecule has 0 saturated carbocycles. The lowest BCUT2D eigenvalue weighted by Crippen LogP contribution is -2.20. The Balaban J connectivity index is 1.25. The Morgan fingerprint density at radius 2 is 0.854 bits per heavy atom. The van der Waals surface area contributed by atoms with Gasteiger partial charge in [0.25, 0.3) is 11.8 Å². The second-order valence-corrected chi connectivity index (χ2v) is 12.0. The minimum atomic E-state index is -0.507. The highest BCUT2D eigenvalue weighted by molar-refractivity contribution is 6.07. The van der Waals surface area contributed by atoms with E-state index < -0.39 is 6.03 Å². The summed E-state index contributed by atoms with van der Waals surface area (Å²) in [6, 6.07) is 27.9. The van der Waals surface area contributed by atoms with E-state index in [9.17, 15) is 14.4 Å². The number of hydrogen-bond donors (Lipinski definition) is 6. The Labute approximate surface area is 283 Å². The van der Waals surface area contributed by atoms with E-state index in [1.165, 1.54) is 0 Å². The van der Waals surface area contributed by atoms with Crippen molar-refractivity contribution in [3.63, 3.8) is 0 Å². The fourth-order valence-electron chi connectivity index (χ4n) is 4.78. The maximum Gasteiger partial charge on any atom is 0.323 e. The molecule has 6 N–H and O–H groups in total. The van der Waals surface area contributed by atoms with Crippen LogP contribution >= 0.6 is 0 Å². The molecule has 11 nitrogen and oxygen atoms in total. The second-order valence-electron chi connectivity index (χ2n) is 12.0. The molecule has 0 heterocycles. The van der Waals surface area contributed by atoms with Crippen LogP contribution < -0.4 is 31.9 Å². The Bertz CT molecular complexity index is 1520. The molecule has 0 fully saturated rings. The normalized spacial score (nSPS) is 10.8. The summed E-state index contributed by atoms with van der Waals surface area (Å²) in [5.74, 6) is -0.592. The average Bonchev–Trinajstić information content (AvgIpc) is 3.06. The number of urea groups is 1. The molecule has 252 valence electrons. The number of nitrogens with one attached hydrogen (secondary N) is 6. The third-order valence-corrected chi connectivity index (χ3v) is 7.27. The van der Waals surface area contributed by atoms with Gasteiger partial charge >= 0.3 is 6.03 Å². The van der Waals surface area contributed by atoms with Crippen molar-refractivity contribution in [1.82, 2.24) is 9.80 Å². The highest BCUT2D eigenvalue weighted by Gasteiger charge is 2.11. The SMILES string of the molecule is CN(C)CCCNc1ccc(NC(=O)c2cccc(NC(=O)Nc3cccc(C(=O)Nc4ccc(NCCCN(C)C)cc4)c3)c2)cc1. The van der Waals surface area contributed by atoms with Crippen LogP contribution in [-0.4, -0.2) is 82.0 Å². The number of rotatable bonds is 16. The molecule has 0 aliphatic heterocycles. The van der Waals surface area contributed by atoms with Crippen molar-refractivity contribution < 1.29 is 14.4 Å². The smallest absolute Gasteiger partial charge is 0.323 e. The minimum absolute atomic E-state index is 0.296. The summed E-state index contributed by atoms with van der Waals surface area (Å²) in [6.07, 6.45) is 2.06. The highest BCUT2D eigenvalue weighted by Crippen LogP contribution is 2.19. The van der Waals surface area contributed by atoms with Gasteiger partial charge in [-0.25, -0.2) is 4.79 Å². The van der Waals surface area contributed by atoms with Gasteiger partial charge in [-0.2, -0.15) is 0 Å². The van der Waals surface area contributed by atoms with Crippen LogP contribution in [0.1, 0.15) is 33.6 Å². The molecular weight excluding hydrogens is 604 g/mol. The number of nitrogens with zero attached hydrogens (tertiary/aromatic N) is 2. The zero-order valence-corrected chi connectivity index (χ0v) is 28.1. The van der Waals surface area contributed by atoms with E-state index in [0.29, 0.717) is 33.9 Å². The first-order valence-corrected chi connectivity index (χ1v) is 16.0. The second kappa shape index (κ2) is 18.1. The molecule has 11 heteroatoms. The zero-order valence-electron chi connectivity index (χ0n) is 28.1. The van der Waals surface area contributed by atoms with Crippen LogP contribution in [-0.2, 0) is 0 Å². The van der Waals surface area contributed by atoms with E-state index in [1.54, 1.807) is 48.5 Å². The minimum Gasteiger partial charge on any atom is -0.385 e. The van der Waals surface area contributed by atoms with Crippen molar-refractivity contribution in [3.05, 3.63) is 108 Å². The fourth-order valence-corrected chi connectivity index (χ4v) is 4.78. The standard InChI is InChI=1S/C37H46N8O3/c1-44(2)23-7-21-38-29-13-17-31(18-14-29)40-35(46)27-9-5-11-33(25-27)42-37(48)43-34-12-6-10-28(26-34)36(47)41-32-19-15-30(16-20-32)39-22-8-24-45(3)4/h5-6,9-20,25-26,38-39H,7-8,21-24H2,1-4H3,(H,40,46)(H,41,47)(H2,42,43,48). The summed E-state index contributed by atoms with van der Waals surface area (Å²) >= 11 is 0. The van der Waals surface area contributed by atoms with Crippen LogP contribution in [0.5, 0.6) is 0 Å². The number of carbonyl (C=O) groups excluding carboxylic acids is 3. The van der Waals surface area contributed by atoms with E-state index in [-0.39, 0.29) is 11.8 Å². The van der Waals surface area contributed by atoms with E-state index in [0.717, 1.165) is 50.4 Å². The third kappa shape index (κ3) is 12.1. The van der Waals surface area contributed by atoms with E-state index in [2.05, 4.69) is 69.9 Å². The molecule has 0 bridgehead atoms. The Morgan fingerprint density at radius 1 is 0.479 bits per heavy atom. The molecule has 0 radical (unpaired) electrons. The zero-order chi connectivity index (χ0) is 34.3. The molecule has 0 aliphatic rings. The number of hydrogen-bond acceptors (Lipinski definition) is 7. The van der Waals surface area contributed by atoms with Crippen molar-refractivity contribution in [2.24, 2.45) is 0 Å². The molecular formula is C37H46N8O3.